The zero-order valence-electron chi connectivity index (χ0n) is 16.8. The summed E-state index contributed by atoms with van der Waals surface area (Å²) < 4.78 is 1.62. The predicted molar refractivity (Wildman–Crippen MR) is 110 cm³/mol. The molecule has 9 heteroatoms. The summed E-state index contributed by atoms with van der Waals surface area (Å²) in [4.78, 5) is 30.6. The van der Waals surface area contributed by atoms with Crippen LogP contribution in [0.25, 0.3) is 5.65 Å². The smallest absolute Gasteiger partial charge is 0.273 e. The summed E-state index contributed by atoms with van der Waals surface area (Å²) in [5, 5.41) is 13.3. The number of nitrogens with zero attached hydrogens (tertiary/aromatic N) is 4. The first kappa shape index (κ1) is 20.5. The first-order valence-electron chi connectivity index (χ1n) is 9.28. The van der Waals surface area contributed by atoms with Gasteiger partial charge in [0.25, 0.3) is 5.91 Å². The van der Waals surface area contributed by atoms with Gasteiger partial charge < -0.3 is 0 Å². The molecule has 8 nitrogen and oxygen atoms in total. The number of carbonyl (C=O) groups excluding carboxylic acids is 2. The number of nitriles is 1. The largest absolute Gasteiger partial charge is 0.279 e. The molecule has 3 aromatic heterocycles. The molecule has 0 atom stereocenters. The van der Waals surface area contributed by atoms with Crippen LogP contribution in [0.1, 0.15) is 56.0 Å². The van der Waals surface area contributed by atoms with Crippen molar-refractivity contribution in [2.24, 2.45) is 0 Å². The Morgan fingerprint density at radius 3 is 2.69 bits per heavy atom. The molecule has 0 fully saturated rings. The van der Waals surface area contributed by atoms with Crippen LogP contribution in [0.15, 0.2) is 12.3 Å². The Morgan fingerprint density at radius 2 is 2.03 bits per heavy atom. The molecule has 2 amide bonds. The molecule has 0 aliphatic rings. The molecule has 29 heavy (non-hydrogen) atoms. The molecule has 0 saturated carbocycles. The van der Waals surface area contributed by atoms with Crippen LogP contribution < -0.4 is 10.9 Å². The minimum absolute atomic E-state index is 0.186. The van der Waals surface area contributed by atoms with Crippen LogP contribution in [0.2, 0.25) is 0 Å². The third-order valence-electron chi connectivity index (χ3n) is 4.81. The van der Waals surface area contributed by atoms with E-state index in [0.717, 1.165) is 33.8 Å². The number of amides is 2. The Kier molecular flexibility index (Phi) is 5.94. The summed E-state index contributed by atoms with van der Waals surface area (Å²) in [5.41, 5.74) is 9.45. The van der Waals surface area contributed by atoms with Crippen molar-refractivity contribution >= 4 is 28.8 Å². The number of hydrogen-bond acceptors (Lipinski definition) is 6. The Morgan fingerprint density at radius 1 is 1.28 bits per heavy atom. The predicted octanol–water partition coefficient (Wildman–Crippen LogP) is 2.54. The average molecular weight is 411 g/mol. The summed E-state index contributed by atoms with van der Waals surface area (Å²) in [6.45, 7) is 7.75. The molecule has 0 saturated heterocycles. The minimum atomic E-state index is -0.317. The highest BCUT2D eigenvalue weighted by atomic mass is 32.1. The normalized spacial score (nSPS) is 10.7. The van der Waals surface area contributed by atoms with Crippen LogP contribution in [-0.4, -0.2) is 26.4 Å². The van der Waals surface area contributed by atoms with Crippen LogP contribution in [0.5, 0.6) is 0 Å². The number of rotatable bonds is 5. The second kappa shape index (κ2) is 8.41. The van der Waals surface area contributed by atoms with Gasteiger partial charge in [-0.2, -0.15) is 10.4 Å². The number of hydrogen-bond donors (Lipinski definition) is 2. The summed E-state index contributed by atoms with van der Waals surface area (Å²) in [7, 11) is 0. The Hall–Kier alpha value is -3.25. The lowest BCUT2D eigenvalue weighted by atomic mass is 10.1. The summed E-state index contributed by atoms with van der Waals surface area (Å²) in [6, 6.07) is 3.91. The molecule has 0 unspecified atom stereocenters. The molecule has 0 spiro atoms. The van der Waals surface area contributed by atoms with E-state index >= 15 is 0 Å². The first-order chi connectivity index (χ1) is 13.8. The van der Waals surface area contributed by atoms with E-state index in [4.69, 9.17) is 5.26 Å². The van der Waals surface area contributed by atoms with Gasteiger partial charge in [0, 0.05) is 22.7 Å². The van der Waals surface area contributed by atoms with E-state index in [1.165, 1.54) is 17.5 Å². The maximum atomic E-state index is 12.2. The topological polar surface area (TPSA) is 112 Å². The molecule has 3 aromatic rings. The van der Waals surface area contributed by atoms with Crippen LogP contribution in [-0.2, 0) is 17.6 Å². The highest BCUT2D eigenvalue weighted by molar-refractivity contribution is 7.14. The summed E-state index contributed by atoms with van der Waals surface area (Å²) >= 11 is 1.43. The van der Waals surface area contributed by atoms with E-state index in [-0.39, 0.29) is 18.2 Å². The highest BCUT2D eigenvalue weighted by Crippen LogP contribution is 2.22. The van der Waals surface area contributed by atoms with E-state index in [9.17, 15) is 9.59 Å². The fraction of sp³-hybridized carbons (Fsp3) is 0.350. The average Bonchev–Trinajstić information content (AvgIpc) is 3.28. The number of aryl methyl sites for hydroxylation is 4. The van der Waals surface area contributed by atoms with Gasteiger partial charge in [-0.3, -0.25) is 20.4 Å². The Balaban J connectivity index is 1.62. The van der Waals surface area contributed by atoms with E-state index in [1.807, 2.05) is 33.8 Å². The van der Waals surface area contributed by atoms with Crippen molar-refractivity contribution < 1.29 is 9.59 Å². The van der Waals surface area contributed by atoms with Crippen molar-refractivity contribution in [3.05, 3.63) is 50.1 Å². The molecular formula is C20H22N6O2S. The first-order valence-corrected chi connectivity index (χ1v) is 10.1. The van der Waals surface area contributed by atoms with E-state index in [0.29, 0.717) is 22.5 Å². The maximum absolute atomic E-state index is 12.2. The molecule has 3 heterocycles. The Labute approximate surface area is 172 Å². The maximum Gasteiger partial charge on any atom is 0.279 e. The van der Waals surface area contributed by atoms with E-state index in [1.54, 1.807) is 4.52 Å². The zero-order chi connectivity index (χ0) is 21.1. The molecule has 0 aliphatic carbocycles. The lowest BCUT2D eigenvalue weighted by molar-refractivity contribution is -0.121. The molecule has 150 valence electrons. The zero-order valence-corrected chi connectivity index (χ0v) is 17.6. The summed E-state index contributed by atoms with van der Waals surface area (Å²) in [6.07, 6.45) is 2.99. The van der Waals surface area contributed by atoms with Crippen molar-refractivity contribution in [3.8, 4) is 6.07 Å². The number of thiophene rings is 1. The van der Waals surface area contributed by atoms with Crippen LogP contribution in [0.4, 0.5) is 0 Å². The third kappa shape index (κ3) is 4.12. The third-order valence-corrected chi connectivity index (χ3v) is 6.19. The van der Waals surface area contributed by atoms with Gasteiger partial charge in [-0.05, 0) is 50.8 Å². The number of carbonyl (C=O) groups is 2. The van der Waals surface area contributed by atoms with Crippen molar-refractivity contribution in [3.63, 3.8) is 0 Å². The van der Waals surface area contributed by atoms with Crippen molar-refractivity contribution in [2.45, 2.75) is 47.0 Å². The Bertz CT molecular complexity index is 1140. The fourth-order valence-electron chi connectivity index (χ4n) is 3.22. The number of aromatic nitrogens is 3. The molecule has 0 radical (unpaired) electrons. The van der Waals surface area contributed by atoms with Crippen molar-refractivity contribution in [1.29, 1.82) is 5.26 Å². The number of hydrazine groups is 1. The summed E-state index contributed by atoms with van der Waals surface area (Å²) in [5.74, 6) is -0.610. The van der Waals surface area contributed by atoms with Gasteiger partial charge >= 0.3 is 0 Å². The molecule has 0 aromatic carbocycles. The van der Waals surface area contributed by atoms with Crippen molar-refractivity contribution in [2.75, 3.05) is 0 Å². The molecular weight excluding hydrogens is 388 g/mol. The quantitative estimate of drug-likeness (QED) is 0.628. The van der Waals surface area contributed by atoms with Crippen LogP contribution in [0.3, 0.4) is 0 Å². The van der Waals surface area contributed by atoms with Gasteiger partial charge in [0.1, 0.15) is 11.6 Å². The van der Waals surface area contributed by atoms with Crippen LogP contribution >= 0.6 is 11.3 Å². The molecule has 3 rings (SSSR count). The standard InChI is InChI=1S/C20H22N6O2S/c1-5-16-11(2)8-17(29-16)20(28)25-24-18(27)7-6-15-12(3)23-19-14(9-21)10-22-26(19)13(15)4/h8,10H,5-7H2,1-4H3,(H,24,27)(H,25,28). The fourth-order valence-corrected chi connectivity index (χ4v) is 4.23. The molecule has 0 aliphatic heterocycles. The van der Waals surface area contributed by atoms with Gasteiger partial charge in [-0.15, -0.1) is 11.3 Å². The monoisotopic (exact) mass is 410 g/mol. The van der Waals surface area contributed by atoms with Gasteiger partial charge in [-0.1, -0.05) is 6.92 Å². The molecule has 2 N–H and O–H groups in total. The second-order valence-electron chi connectivity index (χ2n) is 6.74. The lowest BCUT2D eigenvalue weighted by Crippen LogP contribution is -2.41. The second-order valence-corrected chi connectivity index (χ2v) is 7.88. The van der Waals surface area contributed by atoms with Crippen molar-refractivity contribution in [1.82, 2.24) is 25.4 Å². The van der Waals surface area contributed by atoms with Crippen LogP contribution in [0, 0.1) is 32.1 Å². The molecule has 0 bridgehead atoms. The lowest BCUT2D eigenvalue weighted by Gasteiger charge is -2.11. The van der Waals surface area contributed by atoms with E-state index in [2.05, 4.69) is 27.0 Å². The highest BCUT2D eigenvalue weighted by Gasteiger charge is 2.16. The minimum Gasteiger partial charge on any atom is -0.273 e. The van der Waals surface area contributed by atoms with Gasteiger partial charge in [0.05, 0.1) is 11.1 Å². The van der Waals surface area contributed by atoms with Gasteiger partial charge in [-0.25, -0.2) is 9.50 Å². The SMILES string of the molecule is CCc1sc(C(=O)NNC(=O)CCc2c(C)nc3c(C#N)cnn3c2C)cc1C. The van der Waals surface area contributed by atoms with E-state index < -0.39 is 0 Å². The number of nitrogens with one attached hydrogen (secondary N) is 2. The van der Waals surface area contributed by atoms with Gasteiger partial charge in [0.2, 0.25) is 5.91 Å². The number of fused-ring (bicyclic) bond motifs is 1. The van der Waals surface area contributed by atoms with Gasteiger partial charge in [0.15, 0.2) is 5.65 Å².